The Balaban J connectivity index is 2.26. The van der Waals surface area contributed by atoms with E-state index in [1.807, 2.05) is 17.9 Å². The van der Waals surface area contributed by atoms with Crippen molar-refractivity contribution in [1.82, 2.24) is 9.78 Å². The van der Waals surface area contributed by atoms with Crippen molar-refractivity contribution in [3.63, 3.8) is 0 Å². The summed E-state index contributed by atoms with van der Waals surface area (Å²) >= 11 is 0. The van der Waals surface area contributed by atoms with E-state index in [-0.39, 0.29) is 0 Å². The van der Waals surface area contributed by atoms with Crippen LogP contribution in [0, 0.1) is 0 Å². The van der Waals surface area contributed by atoms with Crippen molar-refractivity contribution in [3.05, 3.63) is 18.0 Å². The van der Waals surface area contributed by atoms with Crippen LogP contribution in [-0.4, -0.2) is 15.8 Å². The van der Waals surface area contributed by atoms with E-state index in [0.29, 0.717) is 6.04 Å². The Kier molecular flexibility index (Phi) is 3.96. The van der Waals surface area contributed by atoms with Crippen molar-refractivity contribution in [2.24, 2.45) is 12.8 Å². The molecule has 1 aromatic heterocycles. The monoisotopic (exact) mass is 181 g/mol. The molecule has 0 saturated carbocycles. The van der Waals surface area contributed by atoms with Crippen LogP contribution < -0.4 is 5.73 Å². The fourth-order valence-corrected chi connectivity index (χ4v) is 1.47. The second-order valence-electron chi connectivity index (χ2n) is 3.61. The zero-order valence-electron chi connectivity index (χ0n) is 8.53. The summed E-state index contributed by atoms with van der Waals surface area (Å²) in [5, 5.41) is 4.12. The summed E-state index contributed by atoms with van der Waals surface area (Å²) in [6, 6.07) is 0.352. The standard InChI is InChI=1S/C10H19N3/c1-3-4-10(11)6-5-9-7-12-13(2)8-9/h7-8,10H,3-6,11H2,1-2H3. The molecule has 0 fully saturated rings. The SMILES string of the molecule is CCCC(N)CCc1cnn(C)c1. The highest BCUT2D eigenvalue weighted by atomic mass is 15.2. The molecule has 0 spiro atoms. The summed E-state index contributed by atoms with van der Waals surface area (Å²) in [6.45, 7) is 2.17. The highest BCUT2D eigenvalue weighted by Gasteiger charge is 2.02. The van der Waals surface area contributed by atoms with Crippen molar-refractivity contribution in [2.45, 2.75) is 38.6 Å². The Labute approximate surface area is 79.9 Å². The minimum atomic E-state index is 0.352. The van der Waals surface area contributed by atoms with Gasteiger partial charge in [-0.1, -0.05) is 13.3 Å². The first kappa shape index (κ1) is 10.3. The molecule has 0 aliphatic heterocycles. The number of nitrogens with zero attached hydrogens (tertiary/aromatic N) is 2. The van der Waals surface area contributed by atoms with Crippen LogP contribution in [0.15, 0.2) is 12.4 Å². The first-order valence-electron chi connectivity index (χ1n) is 4.95. The van der Waals surface area contributed by atoms with Gasteiger partial charge in [0.25, 0.3) is 0 Å². The molecule has 0 saturated heterocycles. The summed E-state index contributed by atoms with van der Waals surface area (Å²) in [5.74, 6) is 0. The molecule has 0 aromatic carbocycles. The molecule has 1 atom stereocenters. The van der Waals surface area contributed by atoms with Gasteiger partial charge in [0.2, 0.25) is 0 Å². The molecule has 74 valence electrons. The highest BCUT2D eigenvalue weighted by molar-refractivity contribution is 5.03. The predicted octanol–water partition coefficient (Wildman–Crippen LogP) is 1.48. The topological polar surface area (TPSA) is 43.8 Å². The van der Waals surface area contributed by atoms with Crippen molar-refractivity contribution < 1.29 is 0 Å². The van der Waals surface area contributed by atoms with Gasteiger partial charge in [-0.25, -0.2) is 0 Å². The molecule has 1 unspecified atom stereocenters. The summed E-state index contributed by atoms with van der Waals surface area (Å²) < 4.78 is 1.83. The molecule has 0 bridgehead atoms. The number of hydrogen-bond acceptors (Lipinski definition) is 2. The van der Waals surface area contributed by atoms with Crippen molar-refractivity contribution in [2.75, 3.05) is 0 Å². The normalized spacial score (nSPS) is 13.2. The molecule has 1 rings (SSSR count). The second kappa shape index (κ2) is 5.02. The predicted molar refractivity (Wildman–Crippen MR) is 54.4 cm³/mol. The average molecular weight is 181 g/mol. The van der Waals surface area contributed by atoms with Gasteiger partial charge in [-0.2, -0.15) is 5.10 Å². The average Bonchev–Trinajstić information content (AvgIpc) is 2.49. The summed E-state index contributed by atoms with van der Waals surface area (Å²) in [4.78, 5) is 0. The minimum Gasteiger partial charge on any atom is -0.328 e. The van der Waals surface area contributed by atoms with E-state index in [1.165, 1.54) is 12.0 Å². The molecule has 1 heterocycles. The first-order chi connectivity index (χ1) is 6.22. The highest BCUT2D eigenvalue weighted by Crippen LogP contribution is 2.05. The van der Waals surface area contributed by atoms with Crippen LogP contribution in [0.5, 0.6) is 0 Å². The third-order valence-electron chi connectivity index (χ3n) is 2.22. The largest absolute Gasteiger partial charge is 0.328 e. The zero-order chi connectivity index (χ0) is 9.68. The summed E-state index contributed by atoms with van der Waals surface area (Å²) in [6.07, 6.45) is 8.39. The molecule has 3 heteroatoms. The number of hydrogen-bond donors (Lipinski definition) is 1. The quantitative estimate of drug-likeness (QED) is 0.747. The lowest BCUT2D eigenvalue weighted by Gasteiger charge is -2.07. The molecule has 0 aliphatic carbocycles. The summed E-state index contributed by atoms with van der Waals surface area (Å²) in [5.41, 5.74) is 7.20. The van der Waals surface area contributed by atoms with Crippen LogP contribution in [-0.2, 0) is 13.5 Å². The lowest BCUT2D eigenvalue weighted by atomic mass is 10.1. The van der Waals surface area contributed by atoms with Crippen LogP contribution in [0.3, 0.4) is 0 Å². The van der Waals surface area contributed by atoms with Gasteiger partial charge >= 0.3 is 0 Å². The molecule has 0 amide bonds. The van der Waals surface area contributed by atoms with Gasteiger partial charge in [0.1, 0.15) is 0 Å². The van der Waals surface area contributed by atoms with Gasteiger partial charge in [-0.3, -0.25) is 4.68 Å². The third kappa shape index (κ3) is 3.59. The van der Waals surface area contributed by atoms with E-state index in [2.05, 4.69) is 18.2 Å². The molecule has 0 radical (unpaired) electrons. The van der Waals surface area contributed by atoms with E-state index < -0.39 is 0 Å². The molecular weight excluding hydrogens is 162 g/mol. The van der Waals surface area contributed by atoms with Crippen LogP contribution in [0.4, 0.5) is 0 Å². The van der Waals surface area contributed by atoms with Gasteiger partial charge in [-0.15, -0.1) is 0 Å². The first-order valence-corrected chi connectivity index (χ1v) is 4.95. The maximum Gasteiger partial charge on any atom is 0.0521 e. The van der Waals surface area contributed by atoms with E-state index in [9.17, 15) is 0 Å². The molecule has 13 heavy (non-hydrogen) atoms. The number of aryl methyl sites for hydroxylation is 2. The van der Waals surface area contributed by atoms with Crippen LogP contribution in [0.2, 0.25) is 0 Å². The number of aromatic nitrogens is 2. The molecule has 3 nitrogen and oxygen atoms in total. The zero-order valence-corrected chi connectivity index (χ0v) is 8.53. The molecule has 0 aliphatic rings. The maximum atomic E-state index is 5.91. The molecule has 2 N–H and O–H groups in total. The Bertz CT molecular complexity index is 242. The smallest absolute Gasteiger partial charge is 0.0521 e. The Morgan fingerprint density at radius 3 is 2.85 bits per heavy atom. The minimum absolute atomic E-state index is 0.352. The molecular formula is C10H19N3. The van der Waals surface area contributed by atoms with Gasteiger partial charge in [-0.05, 0) is 24.8 Å². The summed E-state index contributed by atoms with van der Waals surface area (Å²) in [7, 11) is 1.94. The van der Waals surface area contributed by atoms with E-state index in [1.54, 1.807) is 0 Å². The molecule has 1 aromatic rings. The van der Waals surface area contributed by atoms with Gasteiger partial charge in [0.15, 0.2) is 0 Å². The van der Waals surface area contributed by atoms with Crippen molar-refractivity contribution in [1.29, 1.82) is 0 Å². The van der Waals surface area contributed by atoms with Gasteiger partial charge in [0.05, 0.1) is 6.20 Å². The van der Waals surface area contributed by atoms with Crippen LogP contribution in [0.1, 0.15) is 31.7 Å². The number of nitrogens with two attached hydrogens (primary N) is 1. The second-order valence-corrected chi connectivity index (χ2v) is 3.61. The Morgan fingerprint density at radius 2 is 2.31 bits per heavy atom. The fourth-order valence-electron chi connectivity index (χ4n) is 1.47. The Morgan fingerprint density at radius 1 is 1.54 bits per heavy atom. The van der Waals surface area contributed by atoms with Crippen molar-refractivity contribution in [3.8, 4) is 0 Å². The third-order valence-corrected chi connectivity index (χ3v) is 2.22. The van der Waals surface area contributed by atoms with E-state index in [4.69, 9.17) is 5.73 Å². The Hall–Kier alpha value is -0.830. The lowest BCUT2D eigenvalue weighted by Crippen LogP contribution is -2.19. The van der Waals surface area contributed by atoms with Gasteiger partial charge in [0, 0.05) is 19.3 Å². The van der Waals surface area contributed by atoms with E-state index >= 15 is 0 Å². The van der Waals surface area contributed by atoms with E-state index in [0.717, 1.165) is 19.3 Å². The van der Waals surface area contributed by atoms with Crippen molar-refractivity contribution >= 4 is 0 Å². The maximum absolute atomic E-state index is 5.91. The van der Waals surface area contributed by atoms with Crippen LogP contribution in [0.25, 0.3) is 0 Å². The lowest BCUT2D eigenvalue weighted by molar-refractivity contribution is 0.561. The van der Waals surface area contributed by atoms with Gasteiger partial charge < -0.3 is 5.73 Å². The number of rotatable bonds is 5. The fraction of sp³-hybridized carbons (Fsp3) is 0.700. The van der Waals surface area contributed by atoms with Crippen LogP contribution >= 0.6 is 0 Å².